The summed E-state index contributed by atoms with van der Waals surface area (Å²) in [6, 6.07) is 9.40. The Hall–Kier alpha value is -1.10. The monoisotopic (exact) mass is 276 g/mol. The number of benzene rings is 1. The van der Waals surface area contributed by atoms with E-state index in [4.69, 9.17) is 4.74 Å². The van der Waals surface area contributed by atoms with Crippen LogP contribution in [0.15, 0.2) is 24.3 Å². The van der Waals surface area contributed by atoms with Gasteiger partial charge in [-0.05, 0) is 31.0 Å². The van der Waals surface area contributed by atoms with Crippen LogP contribution >= 0.6 is 0 Å². The van der Waals surface area contributed by atoms with E-state index in [2.05, 4.69) is 28.9 Å². The van der Waals surface area contributed by atoms with E-state index in [1.165, 1.54) is 5.56 Å². The average Bonchev–Trinajstić information content (AvgIpc) is 2.79. The minimum atomic E-state index is -0.131. The van der Waals surface area contributed by atoms with Crippen LogP contribution in [0.2, 0.25) is 0 Å². The highest BCUT2D eigenvalue weighted by atomic mass is 16.5. The second-order valence-corrected chi connectivity index (χ2v) is 6.12. The number of piperazine rings is 1. The van der Waals surface area contributed by atoms with Gasteiger partial charge in [-0.1, -0.05) is 12.1 Å². The number of methoxy groups -OCH3 is 1. The number of aliphatic hydroxyl groups is 1. The van der Waals surface area contributed by atoms with Crippen molar-refractivity contribution in [2.24, 2.45) is 0 Å². The Labute approximate surface area is 120 Å². The van der Waals surface area contributed by atoms with E-state index in [1.54, 1.807) is 7.11 Å². The molecule has 0 saturated carbocycles. The van der Waals surface area contributed by atoms with E-state index in [0.717, 1.165) is 38.3 Å². The Morgan fingerprint density at radius 2 is 1.95 bits per heavy atom. The summed E-state index contributed by atoms with van der Waals surface area (Å²) in [5.74, 6) is 0.908. The van der Waals surface area contributed by atoms with Crippen molar-refractivity contribution in [3.05, 3.63) is 29.8 Å². The Morgan fingerprint density at radius 3 is 2.65 bits per heavy atom. The number of hydrogen-bond donors (Lipinski definition) is 1. The number of ether oxygens (including phenoxy) is 1. The van der Waals surface area contributed by atoms with Gasteiger partial charge in [0.2, 0.25) is 0 Å². The first-order valence-corrected chi connectivity index (χ1v) is 7.45. The van der Waals surface area contributed by atoms with E-state index in [-0.39, 0.29) is 6.10 Å². The molecule has 2 saturated heterocycles. The predicted molar refractivity (Wildman–Crippen MR) is 78.9 cm³/mol. The lowest BCUT2D eigenvalue weighted by Crippen LogP contribution is -2.54. The van der Waals surface area contributed by atoms with Crippen LogP contribution in [-0.2, 0) is 6.54 Å². The van der Waals surface area contributed by atoms with Crippen LogP contribution in [0.3, 0.4) is 0 Å². The highest BCUT2D eigenvalue weighted by Crippen LogP contribution is 2.26. The lowest BCUT2D eigenvalue weighted by Gasteiger charge is -2.42. The van der Waals surface area contributed by atoms with Gasteiger partial charge in [0.15, 0.2) is 0 Å². The Kier molecular flexibility index (Phi) is 3.96. The van der Waals surface area contributed by atoms with Crippen LogP contribution < -0.4 is 4.74 Å². The zero-order chi connectivity index (χ0) is 14.1. The average molecular weight is 276 g/mol. The molecule has 0 amide bonds. The lowest BCUT2D eigenvalue weighted by molar-refractivity contribution is 0.0528. The van der Waals surface area contributed by atoms with E-state index in [0.29, 0.717) is 12.1 Å². The molecule has 4 heteroatoms. The summed E-state index contributed by atoms with van der Waals surface area (Å²) in [5, 5.41) is 9.81. The smallest absolute Gasteiger partial charge is 0.118 e. The fourth-order valence-electron chi connectivity index (χ4n) is 3.46. The molecular formula is C16H24N2O2. The molecule has 0 radical (unpaired) electrons. The number of fused-ring (bicyclic) bond motifs is 1. The van der Waals surface area contributed by atoms with Gasteiger partial charge in [-0.2, -0.15) is 0 Å². The minimum absolute atomic E-state index is 0.131. The van der Waals surface area contributed by atoms with Crippen molar-refractivity contribution < 1.29 is 9.84 Å². The van der Waals surface area contributed by atoms with Gasteiger partial charge >= 0.3 is 0 Å². The summed E-state index contributed by atoms with van der Waals surface area (Å²) >= 11 is 0. The van der Waals surface area contributed by atoms with Crippen molar-refractivity contribution in [2.45, 2.75) is 38.1 Å². The van der Waals surface area contributed by atoms with Gasteiger partial charge in [0.25, 0.3) is 0 Å². The SMILES string of the molecule is COc1ccc(CN2C[C@H]3C[C@@H](O)CN3C[C@H]2C)cc1. The Balaban J connectivity index is 1.64. The summed E-state index contributed by atoms with van der Waals surface area (Å²) in [7, 11) is 1.70. The van der Waals surface area contributed by atoms with E-state index in [9.17, 15) is 5.11 Å². The summed E-state index contributed by atoms with van der Waals surface area (Å²) < 4.78 is 5.20. The van der Waals surface area contributed by atoms with Crippen molar-refractivity contribution >= 4 is 0 Å². The molecule has 0 spiro atoms. The first kappa shape index (κ1) is 13.9. The van der Waals surface area contributed by atoms with Gasteiger partial charge in [-0.25, -0.2) is 0 Å². The van der Waals surface area contributed by atoms with Gasteiger partial charge in [0.05, 0.1) is 13.2 Å². The molecule has 0 bridgehead atoms. The molecule has 0 aromatic heterocycles. The molecule has 2 fully saturated rings. The maximum Gasteiger partial charge on any atom is 0.118 e. The maximum atomic E-state index is 9.81. The van der Waals surface area contributed by atoms with Crippen molar-refractivity contribution in [1.29, 1.82) is 0 Å². The van der Waals surface area contributed by atoms with Crippen molar-refractivity contribution in [3.8, 4) is 5.75 Å². The second-order valence-electron chi connectivity index (χ2n) is 6.12. The van der Waals surface area contributed by atoms with Gasteiger partial charge in [0.1, 0.15) is 5.75 Å². The van der Waals surface area contributed by atoms with E-state index >= 15 is 0 Å². The third kappa shape index (κ3) is 2.82. The van der Waals surface area contributed by atoms with Crippen LogP contribution in [0, 0.1) is 0 Å². The molecule has 110 valence electrons. The molecule has 0 unspecified atom stereocenters. The fourth-order valence-corrected chi connectivity index (χ4v) is 3.46. The van der Waals surface area contributed by atoms with Crippen molar-refractivity contribution in [2.75, 3.05) is 26.7 Å². The first-order chi connectivity index (χ1) is 9.65. The van der Waals surface area contributed by atoms with Crippen LogP contribution in [0.5, 0.6) is 5.75 Å². The standard InChI is InChI=1S/C16H24N2O2/c1-12-8-18-11-15(19)7-14(18)10-17(12)9-13-3-5-16(20-2)6-4-13/h3-6,12,14-15,19H,7-11H2,1-2H3/t12-,14-,15-/m1/s1. The van der Waals surface area contributed by atoms with Crippen LogP contribution in [0.4, 0.5) is 0 Å². The maximum absolute atomic E-state index is 9.81. The van der Waals surface area contributed by atoms with Gasteiger partial charge in [0, 0.05) is 38.3 Å². The molecule has 4 nitrogen and oxygen atoms in total. The topological polar surface area (TPSA) is 35.9 Å². The Bertz CT molecular complexity index is 448. The second kappa shape index (κ2) is 5.72. The zero-order valence-corrected chi connectivity index (χ0v) is 12.3. The molecular weight excluding hydrogens is 252 g/mol. The molecule has 2 heterocycles. The number of hydrogen-bond acceptors (Lipinski definition) is 4. The lowest BCUT2D eigenvalue weighted by atomic mass is 10.1. The van der Waals surface area contributed by atoms with Crippen LogP contribution in [0.25, 0.3) is 0 Å². The van der Waals surface area contributed by atoms with Gasteiger partial charge < -0.3 is 9.84 Å². The Morgan fingerprint density at radius 1 is 1.20 bits per heavy atom. The zero-order valence-electron chi connectivity index (χ0n) is 12.3. The number of rotatable bonds is 3. The summed E-state index contributed by atoms with van der Waals surface area (Å²) in [6.45, 7) is 6.24. The molecule has 2 aliphatic heterocycles. The van der Waals surface area contributed by atoms with Crippen LogP contribution in [-0.4, -0.2) is 59.8 Å². The third-order valence-corrected chi connectivity index (χ3v) is 4.62. The van der Waals surface area contributed by atoms with Crippen LogP contribution in [0.1, 0.15) is 18.9 Å². The fraction of sp³-hybridized carbons (Fsp3) is 0.625. The van der Waals surface area contributed by atoms with Crippen molar-refractivity contribution in [1.82, 2.24) is 9.80 Å². The number of aliphatic hydroxyl groups excluding tert-OH is 1. The third-order valence-electron chi connectivity index (χ3n) is 4.62. The normalized spacial score (nSPS) is 31.2. The highest BCUT2D eigenvalue weighted by Gasteiger charge is 2.37. The molecule has 1 aromatic rings. The van der Waals surface area contributed by atoms with Gasteiger partial charge in [-0.15, -0.1) is 0 Å². The molecule has 3 rings (SSSR count). The molecule has 0 aliphatic carbocycles. The summed E-state index contributed by atoms with van der Waals surface area (Å²) in [4.78, 5) is 4.97. The van der Waals surface area contributed by atoms with E-state index < -0.39 is 0 Å². The molecule has 2 aliphatic rings. The predicted octanol–water partition coefficient (Wildman–Crippen LogP) is 1.33. The molecule has 3 atom stereocenters. The molecule has 1 aromatic carbocycles. The molecule has 20 heavy (non-hydrogen) atoms. The molecule has 1 N–H and O–H groups in total. The largest absolute Gasteiger partial charge is 0.497 e. The first-order valence-electron chi connectivity index (χ1n) is 7.45. The number of nitrogens with zero attached hydrogens (tertiary/aromatic N) is 2. The minimum Gasteiger partial charge on any atom is -0.497 e. The quantitative estimate of drug-likeness (QED) is 0.903. The summed E-state index contributed by atoms with van der Waals surface area (Å²) in [6.07, 6.45) is 0.791. The highest BCUT2D eigenvalue weighted by molar-refractivity contribution is 5.27. The summed E-state index contributed by atoms with van der Waals surface area (Å²) in [5.41, 5.74) is 1.32. The van der Waals surface area contributed by atoms with E-state index in [1.807, 2.05) is 12.1 Å². The van der Waals surface area contributed by atoms with Gasteiger partial charge in [-0.3, -0.25) is 9.80 Å². The van der Waals surface area contributed by atoms with Crippen molar-refractivity contribution in [3.63, 3.8) is 0 Å².